The van der Waals surface area contributed by atoms with Gasteiger partial charge in [0.2, 0.25) is 0 Å². The molecule has 0 aliphatic heterocycles. The number of pyridine rings is 1. The van der Waals surface area contributed by atoms with Crippen LogP contribution in [0, 0.1) is 13.8 Å². The van der Waals surface area contributed by atoms with Gasteiger partial charge >= 0.3 is 0 Å². The number of aryl methyl sites for hydroxylation is 2. The minimum Gasteiger partial charge on any atom is -0.346 e. The number of anilines is 1. The van der Waals surface area contributed by atoms with Gasteiger partial charge in [-0.05, 0) is 26.0 Å². The Bertz CT molecular complexity index is 628. The summed E-state index contributed by atoms with van der Waals surface area (Å²) < 4.78 is 0. The van der Waals surface area contributed by atoms with Crippen molar-refractivity contribution < 1.29 is 4.79 Å². The molecule has 4 N–H and O–H groups in total. The van der Waals surface area contributed by atoms with E-state index in [0.29, 0.717) is 23.6 Å². The van der Waals surface area contributed by atoms with Gasteiger partial charge in [-0.25, -0.2) is 9.97 Å². The van der Waals surface area contributed by atoms with E-state index in [1.807, 2.05) is 6.92 Å². The number of amides is 1. The summed E-state index contributed by atoms with van der Waals surface area (Å²) in [5.41, 5.74) is 4.95. The predicted octanol–water partition coefficient (Wildman–Crippen LogP) is 0.704. The largest absolute Gasteiger partial charge is 0.346 e. The standard InChI is InChI=1S/C13H16N6O/c1-8-5-12(19-14)11(7-16-8)13(20)17-6-10-3-4-15-9(2)18-10/h3-5,7H,6,14H2,1-2H3,(H,16,19)(H,17,20). The summed E-state index contributed by atoms with van der Waals surface area (Å²) in [6.07, 6.45) is 3.15. The lowest BCUT2D eigenvalue weighted by Crippen LogP contribution is -2.25. The van der Waals surface area contributed by atoms with Crippen molar-refractivity contribution in [3.63, 3.8) is 0 Å². The number of rotatable bonds is 4. The third kappa shape index (κ3) is 3.27. The number of hydrogen-bond acceptors (Lipinski definition) is 6. The zero-order chi connectivity index (χ0) is 14.5. The van der Waals surface area contributed by atoms with Crippen LogP contribution in [0.3, 0.4) is 0 Å². The molecule has 0 bridgehead atoms. The van der Waals surface area contributed by atoms with E-state index in [1.54, 1.807) is 25.3 Å². The summed E-state index contributed by atoms with van der Waals surface area (Å²) >= 11 is 0. The Balaban J connectivity index is 2.09. The van der Waals surface area contributed by atoms with Crippen molar-refractivity contribution in [1.29, 1.82) is 0 Å². The van der Waals surface area contributed by atoms with Gasteiger partial charge in [-0.15, -0.1) is 0 Å². The van der Waals surface area contributed by atoms with Crippen LogP contribution in [0.25, 0.3) is 0 Å². The van der Waals surface area contributed by atoms with Crippen molar-refractivity contribution in [2.75, 3.05) is 5.43 Å². The molecule has 20 heavy (non-hydrogen) atoms. The number of nitrogens with two attached hydrogens (primary N) is 1. The summed E-state index contributed by atoms with van der Waals surface area (Å²) in [5.74, 6) is 5.81. The molecule has 7 heteroatoms. The Kier molecular flexibility index (Phi) is 4.21. The minimum absolute atomic E-state index is 0.262. The fourth-order valence-corrected chi connectivity index (χ4v) is 1.73. The molecule has 0 fully saturated rings. The van der Waals surface area contributed by atoms with Gasteiger partial charge in [0.25, 0.3) is 5.91 Å². The number of carbonyl (C=O) groups is 1. The van der Waals surface area contributed by atoms with Crippen molar-refractivity contribution in [2.24, 2.45) is 5.84 Å². The van der Waals surface area contributed by atoms with Crippen molar-refractivity contribution in [3.05, 3.63) is 47.3 Å². The topological polar surface area (TPSA) is 106 Å². The second kappa shape index (κ2) is 6.07. The Morgan fingerprint density at radius 1 is 1.35 bits per heavy atom. The van der Waals surface area contributed by atoms with E-state index < -0.39 is 0 Å². The first-order valence-electron chi connectivity index (χ1n) is 6.10. The quantitative estimate of drug-likeness (QED) is 0.559. The molecule has 104 valence electrons. The second-order valence-electron chi connectivity index (χ2n) is 4.29. The van der Waals surface area contributed by atoms with Crippen LogP contribution in [-0.2, 0) is 6.54 Å². The zero-order valence-electron chi connectivity index (χ0n) is 11.3. The van der Waals surface area contributed by atoms with Crippen LogP contribution in [0.15, 0.2) is 24.5 Å². The number of nitrogen functional groups attached to an aromatic ring is 1. The molecule has 7 nitrogen and oxygen atoms in total. The molecule has 1 amide bonds. The number of nitrogens with one attached hydrogen (secondary N) is 2. The predicted molar refractivity (Wildman–Crippen MR) is 74.7 cm³/mol. The average Bonchev–Trinajstić information content (AvgIpc) is 2.44. The smallest absolute Gasteiger partial charge is 0.255 e. The van der Waals surface area contributed by atoms with E-state index >= 15 is 0 Å². The lowest BCUT2D eigenvalue weighted by Gasteiger charge is -2.10. The summed E-state index contributed by atoms with van der Waals surface area (Å²) in [6, 6.07) is 3.46. The Labute approximate surface area is 116 Å². The SMILES string of the molecule is Cc1cc(NN)c(C(=O)NCc2ccnc(C)n2)cn1. The highest BCUT2D eigenvalue weighted by atomic mass is 16.1. The van der Waals surface area contributed by atoms with E-state index in [1.165, 1.54) is 6.20 Å². The summed E-state index contributed by atoms with van der Waals surface area (Å²) in [4.78, 5) is 24.4. The molecule has 0 aliphatic carbocycles. The first kappa shape index (κ1) is 13.9. The van der Waals surface area contributed by atoms with Gasteiger partial charge < -0.3 is 10.7 Å². The molecule has 2 heterocycles. The summed E-state index contributed by atoms with van der Waals surface area (Å²) in [7, 11) is 0. The van der Waals surface area contributed by atoms with Gasteiger partial charge in [0.1, 0.15) is 5.82 Å². The number of aromatic nitrogens is 3. The molecular weight excluding hydrogens is 256 g/mol. The van der Waals surface area contributed by atoms with Crippen LogP contribution in [-0.4, -0.2) is 20.9 Å². The third-order valence-electron chi connectivity index (χ3n) is 2.70. The summed E-state index contributed by atoms with van der Waals surface area (Å²) in [6.45, 7) is 3.94. The third-order valence-corrected chi connectivity index (χ3v) is 2.70. The molecule has 0 spiro atoms. The zero-order valence-corrected chi connectivity index (χ0v) is 11.3. The van der Waals surface area contributed by atoms with Crippen LogP contribution in [0.4, 0.5) is 5.69 Å². The molecule has 0 saturated heterocycles. The maximum atomic E-state index is 12.1. The maximum absolute atomic E-state index is 12.1. The molecule has 0 radical (unpaired) electrons. The number of hydrogen-bond donors (Lipinski definition) is 3. The molecule has 0 aliphatic rings. The number of carbonyl (C=O) groups excluding carboxylic acids is 1. The minimum atomic E-state index is -0.262. The Morgan fingerprint density at radius 2 is 2.15 bits per heavy atom. The first-order chi connectivity index (χ1) is 9.60. The Morgan fingerprint density at radius 3 is 2.85 bits per heavy atom. The lowest BCUT2D eigenvalue weighted by atomic mass is 10.2. The molecule has 0 aromatic carbocycles. The number of nitrogens with zero attached hydrogens (tertiary/aromatic N) is 3. The monoisotopic (exact) mass is 272 g/mol. The normalized spacial score (nSPS) is 10.2. The lowest BCUT2D eigenvalue weighted by molar-refractivity contribution is 0.0951. The molecule has 0 atom stereocenters. The molecule has 0 unspecified atom stereocenters. The second-order valence-corrected chi connectivity index (χ2v) is 4.29. The van der Waals surface area contributed by atoms with E-state index in [2.05, 4.69) is 25.7 Å². The summed E-state index contributed by atoms with van der Waals surface area (Å²) in [5, 5.41) is 2.77. The molecular formula is C13H16N6O. The fourth-order valence-electron chi connectivity index (χ4n) is 1.73. The van der Waals surface area contributed by atoms with Gasteiger partial charge in [-0.1, -0.05) is 0 Å². The van der Waals surface area contributed by atoms with Crippen LogP contribution in [0.1, 0.15) is 27.6 Å². The van der Waals surface area contributed by atoms with Gasteiger partial charge in [0, 0.05) is 18.1 Å². The molecule has 2 aromatic rings. The highest BCUT2D eigenvalue weighted by Gasteiger charge is 2.11. The van der Waals surface area contributed by atoms with E-state index in [9.17, 15) is 4.79 Å². The van der Waals surface area contributed by atoms with Crippen LogP contribution < -0.4 is 16.6 Å². The molecule has 0 saturated carbocycles. The van der Waals surface area contributed by atoms with Crippen LogP contribution in [0.5, 0.6) is 0 Å². The van der Waals surface area contributed by atoms with Gasteiger partial charge in [-0.3, -0.25) is 15.6 Å². The van der Waals surface area contributed by atoms with Crippen molar-refractivity contribution in [3.8, 4) is 0 Å². The maximum Gasteiger partial charge on any atom is 0.255 e. The Hall–Kier alpha value is -2.54. The molecule has 2 rings (SSSR count). The molecule has 2 aromatic heterocycles. The fraction of sp³-hybridized carbons (Fsp3) is 0.231. The van der Waals surface area contributed by atoms with Crippen LogP contribution in [0.2, 0.25) is 0 Å². The van der Waals surface area contributed by atoms with Crippen LogP contribution >= 0.6 is 0 Å². The van der Waals surface area contributed by atoms with E-state index in [0.717, 1.165) is 11.4 Å². The van der Waals surface area contributed by atoms with Gasteiger partial charge in [-0.2, -0.15) is 0 Å². The average molecular weight is 272 g/mol. The highest BCUT2D eigenvalue weighted by Crippen LogP contribution is 2.14. The highest BCUT2D eigenvalue weighted by molar-refractivity contribution is 5.99. The van der Waals surface area contributed by atoms with E-state index in [-0.39, 0.29) is 5.91 Å². The van der Waals surface area contributed by atoms with Crippen molar-refractivity contribution >= 4 is 11.6 Å². The van der Waals surface area contributed by atoms with Crippen molar-refractivity contribution in [2.45, 2.75) is 20.4 Å². The van der Waals surface area contributed by atoms with E-state index in [4.69, 9.17) is 5.84 Å². The van der Waals surface area contributed by atoms with Crippen molar-refractivity contribution in [1.82, 2.24) is 20.3 Å². The first-order valence-corrected chi connectivity index (χ1v) is 6.10. The van der Waals surface area contributed by atoms with Gasteiger partial charge in [0.05, 0.1) is 23.5 Å². The number of hydrazine groups is 1. The van der Waals surface area contributed by atoms with Gasteiger partial charge in [0.15, 0.2) is 0 Å².